The maximum Gasteiger partial charge on any atom is 0.336 e. The van der Waals surface area contributed by atoms with Crippen LogP contribution in [0.5, 0.6) is 0 Å². The highest BCUT2D eigenvalue weighted by Gasteiger charge is 2.13. The predicted molar refractivity (Wildman–Crippen MR) is 73.2 cm³/mol. The lowest BCUT2D eigenvalue weighted by atomic mass is 10.0. The first-order valence-corrected chi connectivity index (χ1v) is 7.57. The average molecular weight is 257 g/mol. The smallest absolute Gasteiger partial charge is 0.336 e. The molecule has 0 heterocycles. The molecule has 0 aromatic heterocycles. The maximum absolute atomic E-state index is 10.9. The SMILES string of the molecule is CCCCCCCCCCCCCC([O])C(=O)O. The van der Waals surface area contributed by atoms with Gasteiger partial charge in [0.15, 0.2) is 6.10 Å². The van der Waals surface area contributed by atoms with Crippen molar-refractivity contribution in [1.82, 2.24) is 0 Å². The summed E-state index contributed by atoms with van der Waals surface area (Å²) in [6, 6.07) is 0. The third-order valence-corrected chi connectivity index (χ3v) is 3.35. The molecule has 3 nitrogen and oxygen atoms in total. The van der Waals surface area contributed by atoms with Crippen LogP contribution in [0.4, 0.5) is 0 Å². The number of aliphatic carboxylic acids is 1. The van der Waals surface area contributed by atoms with Crippen molar-refractivity contribution < 1.29 is 15.0 Å². The van der Waals surface area contributed by atoms with Gasteiger partial charge < -0.3 is 5.11 Å². The summed E-state index contributed by atoms with van der Waals surface area (Å²) in [5.41, 5.74) is 0. The van der Waals surface area contributed by atoms with Crippen molar-refractivity contribution in [3.8, 4) is 0 Å². The standard InChI is InChI=1S/C15H29O3/c1-2-3-4-5-6-7-8-9-10-11-12-13-14(16)15(17)18/h14H,2-13H2,1H3,(H,17,18). The second-order valence-electron chi connectivity index (χ2n) is 5.15. The lowest BCUT2D eigenvalue weighted by Gasteiger charge is -2.03. The summed E-state index contributed by atoms with van der Waals surface area (Å²) < 4.78 is 0. The van der Waals surface area contributed by atoms with E-state index in [1.165, 1.54) is 51.4 Å². The van der Waals surface area contributed by atoms with E-state index in [-0.39, 0.29) is 6.42 Å². The van der Waals surface area contributed by atoms with Crippen LogP contribution in [0.2, 0.25) is 0 Å². The van der Waals surface area contributed by atoms with Crippen LogP contribution in [0.1, 0.15) is 84.0 Å². The molecule has 0 bridgehead atoms. The molecule has 1 unspecified atom stereocenters. The molecule has 3 heteroatoms. The number of carbonyl (C=O) groups is 1. The van der Waals surface area contributed by atoms with Crippen LogP contribution >= 0.6 is 0 Å². The van der Waals surface area contributed by atoms with Gasteiger partial charge in [0.05, 0.1) is 0 Å². The van der Waals surface area contributed by atoms with Gasteiger partial charge in [-0.1, -0.05) is 77.6 Å². The molecule has 1 atom stereocenters. The number of hydrogen-bond donors (Lipinski definition) is 1. The van der Waals surface area contributed by atoms with Crippen LogP contribution in [-0.2, 0) is 9.90 Å². The molecule has 0 fully saturated rings. The molecule has 1 N–H and O–H groups in total. The summed E-state index contributed by atoms with van der Waals surface area (Å²) in [5.74, 6) is -1.21. The fourth-order valence-electron chi connectivity index (χ4n) is 2.12. The molecule has 0 aromatic carbocycles. The second-order valence-corrected chi connectivity index (χ2v) is 5.15. The molecule has 0 aliphatic heterocycles. The van der Waals surface area contributed by atoms with Gasteiger partial charge in [0.1, 0.15) is 0 Å². The Morgan fingerprint density at radius 1 is 0.833 bits per heavy atom. The van der Waals surface area contributed by atoms with Gasteiger partial charge in [-0.3, -0.25) is 0 Å². The van der Waals surface area contributed by atoms with Crippen molar-refractivity contribution in [1.29, 1.82) is 0 Å². The normalized spacial score (nSPS) is 12.6. The van der Waals surface area contributed by atoms with Crippen molar-refractivity contribution in [2.45, 2.75) is 90.1 Å². The van der Waals surface area contributed by atoms with Gasteiger partial charge in [0.25, 0.3) is 0 Å². The predicted octanol–water partition coefficient (Wildman–Crippen LogP) is 4.57. The molecule has 0 aromatic rings. The monoisotopic (exact) mass is 257 g/mol. The second kappa shape index (κ2) is 12.9. The van der Waals surface area contributed by atoms with E-state index < -0.39 is 12.1 Å². The molecule has 0 rings (SSSR count). The number of rotatable bonds is 13. The molecule has 18 heavy (non-hydrogen) atoms. The molecular weight excluding hydrogens is 228 g/mol. The summed E-state index contributed by atoms with van der Waals surface area (Å²) in [4.78, 5) is 10.3. The highest BCUT2D eigenvalue weighted by Crippen LogP contribution is 2.12. The first-order valence-electron chi connectivity index (χ1n) is 7.57. The number of carboxylic acids is 1. The van der Waals surface area contributed by atoms with E-state index in [1.54, 1.807) is 0 Å². The first kappa shape index (κ1) is 17.4. The lowest BCUT2D eigenvalue weighted by molar-refractivity contribution is -0.150. The minimum atomic E-state index is -1.41. The molecule has 1 radical (unpaired) electrons. The average Bonchev–Trinajstić information content (AvgIpc) is 2.35. The minimum Gasteiger partial charge on any atom is -0.479 e. The largest absolute Gasteiger partial charge is 0.479 e. The van der Waals surface area contributed by atoms with Crippen LogP contribution < -0.4 is 0 Å². The Morgan fingerprint density at radius 2 is 1.22 bits per heavy atom. The summed E-state index contributed by atoms with van der Waals surface area (Å²) in [6.07, 6.45) is 12.4. The van der Waals surface area contributed by atoms with Gasteiger partial charge in [-0.05, 0) is 6.42 Å². The van der Waals surface area contributed by atoms with Crippen LogP contribution in [0.3, 0.4) is 0 Å². The molecule has 0 aliphatic carbocycles. The van der Waals surface area contributed by atoms with Crippen LogP contribution in [0, 0.1) is 0 Å². The van der Waals surface area contributed by atoms with E-state index in [2.05, 4.69) is 6.92 Å². The molecule has 0 amide bonds. The molecule has 0 saturated carbocycles. The van der Waals surface area contributed by atoms with Gasteiger partial charge in [-0.25, -0.2) is 9.90 Å². The third kappa shape index (κ3) is 11.9. The quantitative estimate of drug-likeness (QED) is 0.491. The Bertz CT molecular complexity index is 192. The Kier molecular flexibility index (Phi) is 12.5. The fourth-order valence-corrected chi connectivity index (χ4v) is 2.12. The van der Waals surface area contributed by atoms with E-state index in [9.17, 15) is 9.90 Å². The van der Waals surface area contributed by atoms with E-state index >= 15 is 0 Å². The molecule has 0 aliphatic rings. The Morgan fingerprint density at radius 3 is 1.61 bits per heavy atom. The van der Waals surface area contributed by atoms with Crippen LogP contribution in [0.15, 0.2) is 0 Å². The van der Waals surface area contributed by atoms with Gasteiger partial charge >= 0.3 is 5.97 Å². The van der Waals surface area contributed by atoms with E-state index in [1.807, 2.05) is 0 Å². The summed E-state index contributed by atoms with van der Waals surface area (Å²) in [7, 11) is 0. The first-order chi connectivity index (χ1) is 8.68. The van der Waals surface area contributed by atoms with Gasteiger partial charge in [0, 0.05) is 0 Å². The number of hydrogen-bond acceptors (Lipinski definition) is 1. The molecule has 107 valence electrons. The topological polar surface area (TPSA) is 57.2 Å². The zero-order valence-electron chi connectivity index (χ0n) is 11.8. The Labute approximate surface area is 112 Å². The van der Waals surface area contributed by atoms with Crippen LogP contribution in [0.25, 0.3) is 0 Å². The van der Waals surface area contributed by atoms with Gasteiger partial charge in [-0.15, -0.1) is 0 Å². The summed E-state index contributed by atoms with van der Waals surface area (Å²) >= 11 is 0. The van der Waals surface area contributed by atoms with Crippen molar-refractivity contribution in [3.63, 3.8) is 0 Å². The molecule has 0 saturated heterocycles. The number of unbranched alkanes of at least 4 members (excludes halogenated alkanes) is 10. The molecule has 0 spiro atoms. The third-order valence-electron chi connectivity index (χ3n) is 3.35. The zero-order chi connectivity index (χ0) is 13.6. The molecular formula is C15H29O3. The Hall–Kier alpha value is -0.570. The highest BCUT2D eigenvalue weighted by molar-refractivity contribution is 5.71. The maximum atomic E-state index is 10.9. The van der Waals surface area contributed by atoms with Crippen molar-refractivity contribution in [2.75, 3.05) is 0 Å². The fraction of sp³-hybridized carbons (Fsp3) is 0.933. The number of carboxylic acid groups (broad SMARTS) is 1. The van der Waals surface area contributed by atoms with Gasteiger partial charge in [0.2, 0.25) is 0 Å². The van der Waals surface area contributed by atoms with Crippen molar-refractivity contribution in [3.05, 3.63) is 0 Å². The van der Waals surface area contributed by atoms with E-state index in [0.717, 1.165) is 19.3 Å². The lowest BCUT2D eigenvalue weighted by Crippen LogP contribution is -2.17. The van der Waals surface area contributed by atoms with E-state index in [0.29, 0.717) is 0 Å². The highest BCUT2D eigenvalue weighted by atomic mass is 16.4. The summed E-state index contributed by atoms with van der Waals surface area (Å²) in [6.45, 7) is 2.23. The van der Waals surface area contributed by atoms with Crippen molar-refractivity contribution >= 4 is 5.97 Å². The zero-order valence-corrected chi connectivity index (χ0v) is 11.8. The summed E-state index contributed by atoms with van der Waals surface area (Å²) in [5, 5.41) is 19.3. The van der Waals surface area contributed by atoms with Crippen molar-refractivity contribution in [2.24, 2.45) is 0 Å². The minimum absolute atomic E-state index is 0.284. The van der Waals surface area contributed by atoms with E-state index in [4.69, 9.17) is 5.11 Å². The van der Waals surface area contributed by atoms with Crippen LogP contribution in [-0.4, -0.2) is 17.2 Å². The Balaban J connectivity index is 3.05. The van der Waals surface area contributed by atoms with Gasteiger partial charge in [-0.2, -0.15) is 0 Å².